The second-order valence-electron chi connectivity index (χ2n) is 10.1. The summed E-state index contributed by atoms with van der Waals surface area (Å²) in [4.78, 5) is 65.5. The Hall–Kier alpha value is -4.35. The van der Waals surface area contributed by atoms with E-state index in [9.17, 15) is 24.0 Å². The van der Waals surface area contributed by atoms with Crippen LogP contribution in [0.3, 0.4) is 0 Å². The van der Waals surface area contributed by atoms with Crippen LogP contribution in [-0.4, -0.2) is 44.9 Å². The molecule has 0 saturated heterocycles. The Morgan fingerprint density at radius 1 is 1.02 bits per heavy atom. The number of ketones is 2. The number of esters is 1. The summed E-state index contributed by atoms with van der Waals surface area (Å²) in [6.45, 7) is 5.16. The van der Waals surface area contributed by atoms with Crippen molar-refractivity contribution in [1.82, 2.24) is 14.3 Å². The van der Waals surface area contributed by atoms with Crippen LogP contribution in [0.2, 0.25) is 4.34 Å². The van der Waals surface area contributed by atoms with Gasteiger partial charge >= 0.3 is 5.97 Å². The minimum absolute atomic E-state index is 0.170. The van der Waals surface area contributed by atoms with Gasteiger partial charge in [-0.05, 0) is 24.3 Å². The van der Waals surface area contributed by atoms with Gasteiger partial charge in [0.2, 0.25) is 0 Å². The third-order valence-corrected chi connectivity index (χ3v) is 7.30. The summed E-state index contributed by atoms with van der Waals surface area (Å²) in [5.74, 6) is -2.73. The number of thiophene rings is 1. The van der Waals surface area contributed by atoms with E-state index in [-0.39, 0.29) is 17.3 Å². The summed E-state index contributed by atoms with van der Waals surface area (Å²) < 4.78 is 7.40. The lowest BCUT2D eigenvalue weighted by Gasteiger charge is -2.18. The summed E-state index contributed by atoms with van der Waals surface area (Å²) >= 11 is 7.44. The molecule has 4 rings (SSSR count). The van der Waals surface area contributed by atoms with E-state index in [2.05, 4.69) is 15.2 Å². The van der Waals surface area contributed by atoms with Crippen LogP contribution < -0.4 is 10.9 Å². The molecule has 0 spiro atoms. The van der Waals surface area contributed by atoms with Gasteiger partial charge in [-0.15, -0.1) is 11.3 Å². The van der Waals surface area contributed by atoms with Gasteiger partial charge in [-0.25, -0.2) is 4.79 Å². The van der Waals surface area contributed by atoms with Gasteiger partial charge in [0.05, 0.1) is 35.8 Å². The highest BCUT2D eigenvalue weighted by Gasteiger charge is 2.29. The number of methoxy groups -OCH3 is 1. The van der Waals surface area contributed by atoms with Gasteiger partial charge in [0, 0.05) is 21.9 Å². The highest BCUT2D eigenvalue weighted by molar-refractivity contribution is 7.16. The van der Waals surface area contributed by atoms with Crippen LogP contribution in [0.15, 0.2) is 65.5 Å². The van der Waals surface area contributed by atoms with Crippen molar-refractivity contribution in [3.8, 4) is 11.4 Å². The van der Waals surface area contributed by atoms with Crippen molar-refractivity contribution in [2.24, 2.45) is 5.41 Å². The maximum Gasteiger partial charge on any atom is 0.379 e. The van der Waals surface area contributed by atoms with Crippen molar-refractivity contribution in [2.75, 3.05) is 12.4 Å². The SMILES string of the molecule is COC(=O)C(=O)c1ccc(-c2cc(NCc3ccc(Cl)s3)n(C(=O)C(C)(C)C)n2)n(CC(=O)c2ccccc2)c1=O. The average Bonchev–Trinajstić information content (AvgIpc) is 3.57. The van der Waals surface area contributed by atoms with Crippen LogP contribution in [0.4, 0.5) is 5.82 Å². The summed E-state index contributed by atoms with van der Waals surface area (Å²) in [5, 5.41) is 7.71. The minimum Gasteiger partial charge on any atom is -0.463 e. The normalized spacial score (nSPS) is 11.2. The number of carbonyl (C=O) groups is 4. The number of pyridine rings is 1. The van der Waals surface area contributed by atoms with Crippen LogP contribution >= 0.6 is 22.9 Å². The molecule has 0 atom stereocenters. The number of nitrogens with zero attached hydrogens (tertiary/aromatic N) is 3. The second kappa shape index (κ2) is 12.0. The third-order valence-electron chi connectivity index (χ3n) is 6.07. The molecule has 4 aromatic rings. The number of rotatable bonds is 9. The first-order valence-electron chi connectivity index (χ1n) is 12.5. The minimum atomic E-state index is -1.21. The molecule has 0 saturated carbocycles. The molecule has 0 radical (unpaired) electrons. The lowest BCUT2D eigenvalue weighted by Crippen LogP contribution is -2.33. The van der Waals surface area contributed by atoms with Crippen molar-refractivity contribution < 1.29 is 23.9 Å². The molecule has 41 heavy (non-hydrogen) atoms. The molecule has 0 unspecified atom stereocenters. The Labute approximate surface area is 244 Å². The first-order chi connectivity index (χ1) is 19.4. The molecular formula is C29H27ClN4O6S. The standard InChI is InChI=1S/C29H27ClN4O6S/c1-29(2,3)28(39)34-24(31-15-18-10-13-23(30)41-18)14-20(32-34)21-12-11-19(25(36)27(38)40-4)26(37)33(21)16-22(35)17-8-6-5-7-9-17/h5-14,31H,15-16H2,1-4H3. The number of anilines is 1. The molecule has 3 heterocycles. The van der Waals surface area contributed by atoms with E-state index < -0.39 is 40.6 Å². The molecule has 0 aliphatic rings. The highest BCUT2D eigenvalue weighted by Crippen LogP contribution is 2.28. The fraction of sp³-hybridized carbons (Fsp3) is 0.241. The van der Waals surface area contributed by atoms with Crippen molar-refractivity contribution in [3.63, 3.8) is 0 Å². The second-order valence-corrected chi connectivity index (χ2v) is 11.9. The Bertz CT molecular complexity index is 1700. The number of halogens is 1. The van der Waals surface area contributed by atoms with E-state index in [1.807, 2.05) is 6.07 Å². The van der Waals surface area contributed by atoms with E-state index in [0.29, 0.717) is 22.3 Å². The van der Waals surface area contributed by atoms with Crippen LogP contribution in [-0.2, 0) is 22.6 Å². The Balaban J connectivity index is 1.84. The van der Waals surface area contributed by atoms with E-state index >= 15 is 0 Å². The van der Waals surface area contributed by atoms with Crippen molar-refractivity contribution >= 4 is 52.2 Å². The Kier molecular flexibility index (Phi) is 8.69. The molecule has 0 fully saturated rings. The zero-order valence-corrected chi connectivity index (χ0v) is 24.3. The fourth-order valence-corrected chi connectivity index (χ4v) is 4.95. The maximum atomic E-state index is 13.5. The number of Topliss-reactive ketones (excluding diaryl/α,β-unsaturated/α-hetero) is 2. The molecule has 0 amide bonds. The summed E-state index contributed by atoms with van der Waals surface area (Å²) in [6.07, 6.45) is 0. The van der Waals surface area contributed by atoms with E-state index in [1.54, 1.807) is 63.2 Å². The molecule has 10 nitrogen and oxygen atoms in total. The number of benzene rings is 1. The average molecular weight is 595 g/mol. The van der Waals surface area contributed by atoms with Crippen molar-refractivity contribution in [2.45, 2.75) is 33.9 Å². The predicted octanol–water partition coefficient (Wildman–Crippen LogP) is 4.96. The number of aromatic nitrogens is 3. The van der Waals surface area contributed by atoms with E-state index in [4.69, 9.17) is 11.6 Å². The van der Waals surface area contributed by atoms with Gasteiger partial charge < -0.3 is 10.1 Å². The van der Waals surface area contributed by atoms with Gasteiger partial charge in [0.25, 0.3) is 17.2 Å². The highest BCUT2D eigenvalue weighted by atomic mass is 35.5. The van der Waals surface area contributed by atoms with Gasteiger partial charge in [-0.1, -0.05) is 62.7 Å². The maximum absolute atomic E-state index is 13.5. The molecule has 1 N–H and O–H groups in total. The van der Waals surface area contributed by atoms with Crippen molar-refractivity contribution in [3.05, 3.63) is 91.4 Å². The summed E-state index contributed by atoms with van der Waals surface area (Å²) in [5.41, 5.74) is -1.42. The Morgan fingerprint density at radius 3 is 2.34 bits per heavy atom. The number of carbonyl (C=O) groups excluding carboxylic acids is 4. The van der Waals surface area contributed by atoms with Gasteiger partial charge in [-0.2, -0.15) is 9.78 Å². The first-order valence-corrected chi connectivity index (χ1v) is 13.7. The van der Waals surface area contributed by atoms with Crippen LogP contribution in [0.5, 0.6) is 0 Å². The number of hydrogen-bond donors (Lipinski definition) is 1. The van der Waals surface area contributed by atoms with E-state index in [1.165, 1.54) is 28.2 Å². The van der Waals surface area contributed by atoms with Crippen LogP contribution in [0.1, 0.15) is 51.2 Å². The summed E-state index contributed by atoms with van der Waals surface area (Å²) in [6, 6.07) is 16.1. The molecule has 0 bridgehead atoms. The monoisotopic (exact) mass is 594 g/mol. The van der Waals surface area contributed by atoms with Crippen LogP contribution in [0, 0.1) is 5.41 Å². The molecule has 0 aliphatic carbocycles. The number of nitrogens with one attached hydrogen (secondary N) is 1. The van der Waals surface area contributed by atoms with Gasteiger partial charge in [-0.3, -0.25) is 23.7 Å². The lowest BCUT2D eigenvalue weighted by atomic mass is 9.96. The fourth-order valence-electron chi connectivity index (χ4n) is 3.92. The zero-order valence-electron chi connectivity index (χ0n) is 22.8. The molecular weight excluding hydrogens is 568 g/mol. The number of hydrogen-bond acceptors (Lipinski definition) is 9. The molecule has 1 aromatic carbocycles. The van der Waals surface area contributed by atoms with Crippen LogP contribution in [0.25, 0.3) is 11.4 Å². The Morgan fingerprint density at radius 2 is 1.73 bits per heavy atom. The quantitative estimate of drug-likeness (QED) is 0.163. The number of ether oxygens (including phenoxy) is 1. The lowest BCUT2D eigenvalue weighted by molar-refractivity contribution is -0.135. The molecule has 0 aliphatic heterocycles. The van der Waals surface area contributed by atoms with Gasteiger partial charge in [0.15, 0.2) is 5.78 Å². The molecule has 212 valence electrons. The third kappa shape index (κ3) is 6.53. The topological polar surface area (TPSA) is 129 Å². The van der Waals surface area contributed by atoms with Crippen molar-refractivity contribution in [1.29, 1.82) is 0 Å². The molecule has 12 heteroatoms. The molecule has 3 aromatic heterocycles. The summed E-state index contributed by atoms with van der Waals surface area (Å²) in [7, 11) is 1.03. The van der Waals surface area contributed by atoms with Gasteiger partial charge in [0.1, 0.15) is 11.5 Å². The largest absolute Gasteiger partial charge is 0.463 e. The zero-order chi connectivity index (χ0) is 29.9. The smallest absolute Gasteiger partial charge is 0.379 e. The van der Waals surface area contributed by atoms with E-state index in [0.717, 1.165) is 16.6 Å². The first kappa shape index (κ1) is 29.6. The predicted molar refractivity (Wildman–Crippen MR) is 156 cm³/mol.